The molecular formula is C14H18Cl2N2O3. The maximum atomic E-state index is 12.0. The van der Waals surface area contributed by atoms with Crippen molar-refractivity contribution < 1.29 is 14.3 Å². The van der Waals surface area contributed by atoms with Crippen LogP contribution in [0.25, 0.3) is 0 Å². The Morgan fingerprint density at radius 2 is 1.86 bits per heavy atom. The van der Waals surface area contributed by atoms with Gasteiger partial charge in [-0.25, -0.2) is 4.79 Å². The molecular weight excluding hydrogens is 315 g/mol. The molecule has 0 spiro atoms. The summed E-state index contributed by atoms with van der Waals surface area (Å²) < 4.78 is 5.15. The number of benzene rings is 1. The van der Waals surface area contributed by atoms with Crippen LogP contribution in [0.15, 0.2) is 12.1 Å². The second-order valence-electron chi connectivity index (χ2n) is 4.42. The summed E-state index contributed by atoms with van der Waals surface area (Å²) in [6.07, 6.45) is -0.881. The van der Waals surface area contributed by atoms with E-state index in [0.29, 0.717) is 13.1 Å². The van der Waals surface area contributed by atoms with Gasteiger partial charge in [0.15, 0.2) is 6.10 Å². The van der Waals surface area contributed by atoms with Gasteiger partial charge in [0.1, 0.15) is 0 Å². The molecule has 0 aromatic heterocycles. The summed E-state index contributed by atoms with van der Waals surface area (Å²) in [5.41, 5.74) is 5.98. The van der Waals surface area contributed by atoms with Crippen LogP contribution in [0.4, 0.5) is 5.69 Å². The number of rotatable bonds is 5. The van der Waals surface area contributed by atoms with Crippen molar-refractivity contribution in [1.29, 1.82) is 0 Å². The van der Waals surface area contributed by atoms with Crippen molar-refractivity contribution in [3.8, 4) is 0 Å². The number of esters is 1. The van der Waals surface area contributed by atoms with Crippen molar-refractivity contribution in [3.63, 3.8) is 0 Å². The summed E-state index contributed by atoms with van der Waals surface area (Å²) in [4.78, 5) is 25.6. The fourth-order valence-corrected chi connectivity index (χ4v) is 2.14. The minimum Gasteiger partial charge on any atom is -0.449 e. The largest absolute Gasteiger partial charge is 0.449 e. The SMILES string of the molecule is CCN(CC)C(=O)C(C)OC(=O)c1cc(N)c(Cl)c(Cl)c1. The number of nitrogens with two attached hydrogens (primary N) is 1. The van der Waals surface area contributed by atoms with Gasteiger partial charge in [0.05, 0.1) is 21.3 Å². The third-order valence-corrected chi connectivity index (χ3v) is 3.82. The molecule has 1 amide bonds. The molecule has 1 unspecified atom stereocenters. The first kappa shape index (κ1) is 17.6. The molecule has 0 aliphatic heterocycles. The number of carbonyl (C=O) groups is 2. The first-order valence-electron chi connectivity index (χ1n) is 6.56. The Balaban J connectivity index is 2.84. The van der Waals surface area contributed by atoms with E-state index in [1.54, 1.807) is 4.90 Å². The quantitative estimate of drug-likeness (QED) is 0.664. The van der Waals surface area contributed by atoms with Crippen LogP contribution in [0, 0.1) is 0 Å². The van der Waals surface area contributed by atoms with Crippen molar-refractivity contribution in [2.75, 3.05) is 18.8 Å². The number of amides is 1. The Morgan fingerprint density at radius 3 is 2.33 bits per heavy atom. The van der Waals surface area contributed by atoms with Gasteiger partial charge in [-0.05, 0) is 32.9 Å². The molecule has 0 fully saturated rings. The zero-order valence-electron chi connectivity index (χ0n) is 12.2. The molecule has 1 aromatic rings. The fourth-order valence-electron chi connectivity index (χ4n) is 1.80. The Bertz CT molecular complexity index is 522. The van der Waals surface area contributed by atoms with Gasteiger partial charge in [0, 0.05) is 13.1 Å². The highest BCUT2D eigenvalue weighted by Crippen LogP contribution is 2.29. The lowest BCUT2D eigenvalue weighted by molar-refractivity contribution is -0.139. The van der Waals surface area contributed by atoms with Crippen LogP contribution in [0.1, 0.15) is 31.1 Å². The maximum Gasteiger partial charge on any atom is 0.339 e. The number of nitrogen functional groups attached to an aromatic ring is 1. The number of hydrogen-bond acceptors (Lipinski definition) is 4. The van der Waals surface area contributed by atoms with Gasteiger partial charge in [0.2, 0.25) is 0 Å². The summed E-state index contributed by atoms with van der Waals surface area (Å²) in [5, 5.41) is 0.340. The van der Waals surface area contributed by atoms with E-state index in [4.69, 9.17) is 33.7 Å². The predicted octanol–water partition coefficient (Wildman–Crippen LogP) is 2.99. The Morgan fingerprint density at radius 1 is 1.29 bits per heavy atom. The van der Waals surface area contributed by atoms with Gasteiger partial charge >= 0.3 is 5.97 Å². The van der Waals surface area contributed by atoms with Crippen molar-refractivity contribution in [3.05, 3.63) is 27.7 Å². The smallest absolute Gasteiger partial charge is 0.339 e. The first-order valence-corrected chi connectivity index (χ1v) is 7.31. The number of likely N-dealkylation sites (N-methyl/N-ethyl adjacent to an activating group) is 1. The molecule has 1 aromatic carbocycles. The average Bonchev–Trinajstić information content (AvgIpc) is 2.45. The zero-order chi connectivity index (χ0) is 16.2. The van der Waals surface area contributed by atoms with Crippen molar-refractivity contribution in [1.82, 2.24) is 4.90 Å². The van der Waals surface area contributed by atoms with E-state index < -0.39 is 12.1 Å². The van der Waals surface area contributed by atoms with Crippen LogP contribution < -0.4 is 5.73 Å². The predicted molar refractivity (Wildman–Crippen MR) is 83.7 cm³/mol. The van der Waals surface area contributed by atoms with E-state index >= 15 is 0 Å². The molecule has 5 nitrogen and oxygen atoms in total. The summed E-state index contributed by atoms with van der Waals surface area (Å²) in [5.74, 6) is -0.922. The number of anilines is 1. The van der Waals surface area contributed by atoms with Crippen LogP contribution >= 0.6 is 23.2 Å². The van der Waals surface area contributed by atoms with Crippen LogP contribution in [-0.4, -0.2) is 36.0 Å². The highest BCUT2D eigenvalue weighted by Gasteiger charge is 2.23. The third-order valence-electron chi connectivity index (χ3n) is 3.00. The number of ether oxygens (including phenoxy) is 1. The maximum absolute atomic E-state index is 12.0. The van der Waals surface area contributed by atoms with Gasteiger partial charge in [-0.1, -0.05) is 23.2 Å². The van der Waals surface area contributed by atoms with Gasteiger partial charge in [-0.15, -0.1) is 0 Å². The highest BCUT2D eigenvalue weighted by atomic mass is 35.5. The summed E-state index contributed by atoms with van der Waals surface area (Å²) >= 11 is 11.7. The zero-order valence-corrected chi connectivity index (χ0v) is 13.7. The first-order chi connectivity index (χ1) is 9.81. The van der Waals surface area contributed by atoms with Crippen LogP contribution in [-0.2, 0) is 9.53 Å². The molecule has 0 radical (unpaired) electrons. The molecule has 2 N–H and O–H groups in total. The molecule has 0 bridgehead atoms. The molecule has 1 rings (SSSR count). The van der Waals surface area contributed by atoms with Crippen molar-refractivity contribution in [2.45, 2.75) is 26.9 Å². The molecule has 0 aliphatic carbocycles. The van der Waals surface area contributed by atoms with E-state index in [1.807, 2.05) is 13.8 Å². The number of nitrogens with zero attached hydrogens (tertiary/aromatic N) is 1. The van der Waals surface area contributed by atoms with Gasteiger partial charge in [-0.2, -0.15) is 0 Å². The normalized spacial score (nSPS) is 11.9. The lowest BCUT2D eigenvalue weighted by Crippen LogP contribution is -2.39. The van der Waals surface area contributed by atoms with E-state index in [1.165, 1.54) is 19.1 Å². The van der Waals surface area contributed by atoms with E-state index in [2.05, 4.69) is 0 Å². The monoisotopic (exact) mass is 332 g/mol. The van der Waals surface area contributed by atoms with Crippen molar-refractivity contribution >= 4 is 40.8 Å². The van der Waals surface area contributed by atoms with E-state index in [0.717, 1.165) is 0 Å². The Kier molecular flexibility index (Phi) is 6.30. The van der Waals surface area contributed by atoms with Gasteiger partial charge < -0.3 is 15.4 Å². The molecule has 0 heterocycles. The molecule has 1 atom stereocenters. The summed E-state index contributed by atoms with van der Waals surface area (Å²) in [7, 11) is 0. The number of hydrogen-bond donors (Lipinski definition) is 1. The number of carbonyl (C=O) groups excluding carboxylic acids is 2. The van der Waals surface area contributed by atoms with E-state index in [-0.39, 0.29) is 27.2 Å². The molecule has 0 saturated heterocycles. The van der Waals surface area contributed by atoms with E-state index in [9.17, 15) is 9.59 Å². The molecule has 0 aliphatic rings. The van der Waals surface area contributed by atoms with Gasteiger partial charge in [-0.3, -0.25) is 4.79 Å². The Labute approximate surface area is 133 Å². The molecule has 0 saturated carbocycles. The minimum absolute atomic E-state index is 0.154. The van der Waals surface area contributed by atoms with Crippen LogP contribution in [0.2, 0.25) is 10.0 Å². The summed E-state index contributed by atoms with van der Waals surface area (Å²) in [6.45, 7) is 6.35. The molecule has 116 valence electrons. The topological polar surface area (TPSA) is 72.6 Å². The lowest BCUT2D eigenvalue weighted by Gasteiger charge is -2.22. The lowest BCUT2D eigenvalue weighted by atomic mass is 10.2. The molecule has 21 heavy (non-hydrogen) atoms. The summed E-state index contributed by atoms with van der Waals surface area (Å²) in [6, 6.07) is 2.72. The Hall–Kier alpha value is -1.46. The fraction of sp³-hybridized carbons (Fsp3) is 0.429. The van der Waals surface area contributed by atoms with Crippen LogP contribution in [0.3, 0.4) is 0 Å². The standard InChI is InChI=1S/C14H18Cl2N2O3/c1-4-18(5-2)13(19)8(3)21-14(20)9-6-10(15)12(16)11(17)7-9/h6-8H,4-5,17H2,1-3H3. The second kappa shape index (κ2) is 7.52. The highest BCUT2D eigenvalue weighted by molar-refractivity contribution is 6.43. The minimum atomic E-state index is -0.881. The second-order valence-corrected chi connectivity index (χ2v) is 5.20. The van der Waals surface area contributed by atoms with Crippen molar-refractivity contribution in [2.24, 2.45) is 0 Å². The van der Waals surface area contributed by atoms with Gasteiger partial charge in [0.25, 0.3) is 5.91 Å². The molecule has 7 heteroatoms. The number of halogens is 2. The van der Waals surface area contributed by atoms with Crippen LogP contribution in [0.5, 0.6) is 0 Å². The average molecular weight is 333 g/mol. The third kappa shape index (κ3) is 4.25.